The molecule has 0 spiro atoms. The molecule has 2 aromatic heterocycles. The standard InChI is InChI=1S/C13H14N4O2S/c1-6-7(2)15-13(16-8(6)3)20-12-14-5-10(11(18)19)9(4)17-12/h5H,1-4H3,(H,18,19). The van der Waals surface area contributed by atoms with Crippen molar-refractivity contribution in [1.82, 2.24) is 19.9 Å². The van der Waals surface area contributed by atoms with Crippen LogP contribution in [0, 0.1) is 27.7 Å². The molecule has 104 valence electrons. The summed E-state index contributed by atoms with van der Waals surface area (Å²) < 4.78 is 0. The molecule has 0 fully saturated rings. The second kappa shape index (κ2) is 5.54. The van der Waals surface area contributed by atoms with Crippen LogP contribution in [-0.2, 0) is 0 Å². The Morgan fingerprint density at radius 3 is 2.05 bits per heavy atom. The fraction of sp³-hybridized carbons (Fsp3) is 0.308. The van der Waals surface area contributed by atoms with Gasteiger partial charge >= 0.3 is 5.97 Å². The maximum Gasteiger partial charge on any atom is 0.339 e. The summed E-state index contributed by atoms with van der Waals surface area (Å²) >= 11 is 1.22. The zero-order valence-electron chi connectivity index (χ0n) is 11.6. The summed E-state index contributed by atoms with van der Waals surface area (Å²) in [6, 6.07) is 0. The van der Waals surface area contributed by atoms with Gasteiger partial charge in [0.2, 0.25) is 0 Å². The molecule has 6 nitrogen and oxygen atoms in total. The molecule has 0 unspecified atom stereocenters. The van der Waals surface area contributed by atoms with Crippen LogP contribution in [-0.4, -0.2) is 31.0 Å². The molecule has 0 aromatic carbocycles. The normalized spacial score (nSPS) is 10.6. The molecule has 2 rings (SSSR count). The maximum atomic E-state index is 10.9. The summed E-state index contributed by atoms with van der Waals surface area (Å²) in [5.41, 5.74) is 3.42. The summed E-state index contributed by atoms with van der Waals surface area (Å²) in [6.45, 7) is 7.46. The molecule has 0 atom stereocenters. The Bertz CT molecular complexity index is 665. The van der Waals surface area contributed by atoms with Crippen molar-refractivity contribution in [3.8, 4) is 0 Å². The number of carbonyl (C=O) groups is 1. The molecular formula is C13H14N4O2S. The van der Waals surface area contributed by atoms with Gasteiger partial charge in [-0.3, -0.25) is 0 Å². The number of rotatable bonds is 3. The highest BCUT2D eigenvalue weighted by Gasteiger charge is 2.12. The number of nitrogens with zero attached hydrogens (tertiary/aromatic N) is 4. The largest absolute Gasteiger partial charge is 0.478 e. The van der Waals surface area contributed by atoms with E-state index in [0.29, 0.717) is 16.0 Å². The van der Waals surface area contributed by atoms with Crippen molar-refractivity contribution in [1.29, 1.82) is 0 Å². The van der Waals surface area contributed by atoms with Crippen LogP contribution in [0.15, 0.2) is 16.5 Å². The van der Waals surface area contributed by atoms with E-state index >= 15 is 0 Å². The molecule has 2 aromatic rings. The molecule has 0 aliphatic carbocycles. The van der Waals surface area contributed by atoms with Crippen molar-refractivity contribution >= 4 is 17.7 Å². The predicted molar refractivity (Wildman–Crippen MR) is 74.1 cm³/mol. The van der Waals surface area contributed by atoms with Gasteiger partial charge in [-0.2, -0.15) is 0 Å². The molecule has 0 amide bonds. The zero-order valence-corrected chi connectivity index (χ0v) is 12.4. The average molecular weight is 290 g/mol. The van der Waals surface area contributed by atoms with E-state index in [9.17, 15) is 4.79 Å². The van der Waals surface area contributed by atoms with Crippen LogP contribution >= 0.6 is 11.8 Å². The second-order valence-electron chi connectivity index (χ2n) is 4.36. The van der Waals surface area contributed by atoms with Gasteiger partial charge in [-0.05, 0) is 45.0 Å². The Morgan fingerprint density at radius 2 is 1.55 bits per heavy atom. The van der Waals surface area contributed by atoms with Gasteiger partial charge in [0, 0.05) is 17.6 Å². The highest BCUT2D eigenvalue weighted by Crippen LogP contribution is 2.23. The Balaban J connectivity index is 2.31. The van der Waals surface area contributed by atoms with E-state index in [2.05, 4.69) is 19.9 Å². The number of hydrogen-bond acceptors (Lipinski definition) is 6. The molecule has 0 aliphatic rings. The van der Waals surface area contributed by atoms with Crippen LogP contribution in [0.4, 0.5) is 0 Å². The van der Waals surface area contributed by atoms with Crippen molar-refractivity contribution < 1.29 is 9.90 Å². The number of aromatic nitrogens is 4. The van der Waals surface area contributed by atoms with Crippen molar-refractivity contribution in [2.45, 2.75) is 38.0 Å². The van der Waals surface area contributed by atoms with E-state index in [1.54, 1.807) is 6.92 Å². The van der Waals surface area contributed by atoms with Gasteiger partial charge in [0.05, 0.1) is 11.3 Å². The number of hydrogen-bond donors (Lipinski definition) is 1. The van der Waals surface area contributed by atoms with Gasteiger partial charge in [-0.1, -0.05) is 0 Å². The first-order valence-corrected chi connectivity index (χ1v) is 6.76. The van der Waals surface area contributed by atoms with Crippen molar-refractivity contribution in [2.75, 3.05) is 0 Å². The molecule has 0 saturated carbocycles. The van der Waals surface area contributed by atoms with E-state index < -0.39 is 5.97 Å². The van der Waals surface area contributed by atoms with Gasteiger partial charge in [0.25, 0.3) is 0 Å². The van der Waals surface area contributed by atoms with Gasteiger partial charge in [0.1, 0.15) is 0 Å². The third kappa shape index (κ3) is 2.93. The Kier molecular flexibility index (Phi) is 3.99. The van der Waals surface area contributed by atoms with Crippen molar-refractivity contribution in [2.24, 2.45) is 0 Å². The number of aryl methyl sites for hydroxylation is 3. The molecule has 7 heteroatoms. The van der Waals surface area contributed by atoms with E-state index in [4.69, 9.17) is 5.11 Å². The Hall–Kier alpha value is -2.02. The lowest BCUT2D eigenvalue weighted by Crippen LogP contribution is -2.04. The summed E-state index contributed by atoms with van der Waals surface area (Å²) in [5.74, 6) is -1.03. The van der Waals surface area contributed by atoms with Crippen LogP contribution in [0.5, 0.6) is 0 Å². The first kappa shape index (κ1) is 14.4. The second-order valence-corrected chi connectivity index (χ2v) is 5.30. The monoisotopic (exact) mass is 290 g/mol. The fourth-order valence-corrected chi connectivity index (χ4v) is 2.39. The number of carboxylic acids is 1. The summed E-state index contributed by atoms with van der Waals surface area (Å²) in [6.07, 6.45) is 1.31. The SMILES string of the molecule is Cc1nc(Sc2nc(C)c(C)c(C)n2)ncc1C(=O)O. The fourth-order valence-electron chi connectivity index (χ4n) is 1.57. The van der Waals surface area contributed by atoms with Crippen LogP contribution in [0.3, 0.4) is 0 Å². The first-order valence-electron chi connectivity index (χ1n) is 5.95. The first-order chi connectivity index (χ1) is 9.38. The molecule has 20 heavy (non-hydrogen) atoms. The third-order valence-corrected chi connectivity index (χ3v) is 3.73. The summed E-state index contributed by atoms with van der Waals surface area (Å²) in [4.78, 5) is 27.8. The molecule has 0 saturated heterocycles. The van der Waals surface area contributed by atoms with Gasteiger partial charge < -0.3 is 5.11 Å². The molecule has 1 N–H and O–H groups in total. The minimum Gasteiger partial charge on any atom is -0.478 e. The molecule has 2 heterocycles. The van der Waals surface area contributed by atoms with Crippen LogP contribution in [0.2, 0.25) is 0 Å². The molecule has 0 radical (unpaired) electrons. The third-order valence-electron chi connectivity index (χ3n) is 2.98. The lowest BCUT2D eigenvalue weighted by atomic mass is 10.2. The van der Waals surface area contributed by atoms with E-state index in [-0.39, 0.29) is 5.56 Å². The maximum absolute atomic E-state index is 10.9. The van der Waals surface area contributed by atoms with Gasteiger partial charge in [-0.15, -0.1) is 0 Å². The Labute approximate surface area is 120 Å². The molecule has 0 aliphatic heterocycles. The quantitative estimate of drug-likeness (QED) is 0.868. The lowest BCUT2D eigenvalue weighted by molar-refractivity contribution is 0.0695. The van der Waals surface area contributed by atoms with Gasteiger partial charge in [-0.25, -0.2) is 24.7 Å². The molecule has 0 bridgehead atoms. The van der Waals surface area contributed by atoms with Crippen LogP contribution < -0.4 is 0 Å². The van der Waals surface area contributed by atoms with Crippen molar-refractivity contribution in [3.05, 3.63) is 34.4 Å². The van der Waals surface area contributed by atoms with Crippen LogP contribution in [0.25, 0.3) is 0 Å². The summed E-state index contributed by atoms with van der Waals surface area (Å²) in [5, 5.41) is 9.94. The van der Waals surface area contributed by atoms with E-state index in [1.807, 2.05) is 20.8 Å². The zero-order chi connectivity index (χ0) is 14.9. The summed E-state index contributed by atoms with van der Waals surface area (Å²) in [7, 11) is 0. The topological polar surface area (TPSA) is 88.9 Å². The highest BCUT2D eigenvalue weighted by molar-refractivity contribution is 7.99. The van der Waals surface area contributed by atoms with Gasteiger partial charge in [0.15, 0.2) is 10.3 Å². The van der Waals surface area contributed by atoms with E-state index in [0.717, 1.165) is 17.0 Å². The lowest BCUT2D eigenvalue weighted by Gasteiger charge is -2.06. The van der Waals surface area contributed by atoms with Crippen molar-refractivity contribution in [3.63, 3.8) is 0 Å². The highest BCUT2D eigenvalue weighted by atomic mass is 32.2. The molecular weight excluding hydrogens is 276 g/mol. The van der Waals surface area contributed by atoms with Crippen LogP contribution in [0.1, 0.15) is 33.0 Å². The van der Waals surface area contributed by atoms with E-state index in [1.165, 1.54) is 18.0 Å². The minimum absolute atomic E-state index is 0.103. The predicted octanol–water partition coefficient (Wildman–Crippen LogP) is 2.35. The minimum atomic E-state index is -1.03. The average Bonchev–Trinajstić information content (AvgIpc) is 2.35. The Morgan fingerprint density at radius 1 is 1.00 bits per heavy atom. The smallest absolute Gasteiger partial charge is 0.339 e. The number of aromatic carboxylic acids is 1. The number of carboxylic acid groups (broad SMARTS) is 1.